The van der Waals surface area contributed by atoms with E-state index in [1.54, 1.807) is 32.2 Å². The van der Waals surface area contributed by atoms with E-state index < -0.39 is 12.1 Å². The monoisotopic (exact) mass is 341 g/mol. The zero-order chi connectivity index (χ0) is 18.2. The molecule has 25 heavy (non-hydrogen) atoms. The molecule has 132 valence electrons. The highest BCUT2D eigenvalue weighted by molar-refractivity contribution is 5.92. The van der Waals surface area contributed by atoms with Gasteiger partial charge in [-0.2, -0.15) is 0 Å². The third-order valence-electron chi connectivity index (χ3n) is 3.71. The Kier molecular flexibility index (Phi) is 6.71. The predicted molar refractivity (Wildman–Crippen MR) is 95.1 cm³/mol. The molecular formula is C20H23NO4. The van der Waals surface area contributed by atoms with Crippen molar-refractivity contribution in [2.24, 2.45) is 0 Å². The molecule has 0 radical (unpaired) electrons. The van der Waals surface area contributed by atoms with Crippen LogP contribution in [0.5, 0.6) is 0 Å². The summed E-state index contributed by atoms with van der Waals surface area (Å²) < 4.78 is 10.3. The lowest BCUT2D eigenvalue weighted by atomic mass is 10.1. The van der Waals surface area contributed by atoms with Crippen LogP contribution in [-0.4, -0.2) is 25.1 Å². The topological polar surface area (TPSA) is 64.6 Å². The van der Waals surface area contributed by atoms with E-state index in [0.717, 1.165) is 16.7 Å². The maximum atomic E-state index is 12.2. The Balaban J connectivity index is 1.88. The molecule has 0 spiro atoms. The molecule has 0 heterocycles. The third kappa shape index (κ3) is 5.72. The molecule has 0 unspecified atom stereocenters. The van der Waals surface area contributed by atoms with E-state index in [1.807, 2.05) is 37.3 Å². The molecule has 0 saturated carbocycles. The van der Waals surface area contributed by atoms with Crippen molar-refractivity contribution in [3.8, 4) is 0 Å². The van der Waals surface area contributed by atoms with E-state index in [2.05, 4.69) is 5.32 Å². The number of hydrogen-bond acceptors (Lipinski definition) is 4. The fourth-order valence-corrected chi connectivity index (χ4v) is 2.28. The van der Waals surface area contributed by atoms with Gasteiger partial charge in [0.25, 0.3) is 5.91 Å². The number of esters is 1. The van der Waals surface area contributed by atoms with Crippen molar-refractivity contribution in [2.75, 3.05) is 7.11 Å². The second-order valence-electron chi connectivity index (χ2n) is 5.88. The lowest BCUT2D eigenvalue weighted by molar-refractivity contribution is -0.129. The van der Waals surface area contributed by atoms with Gasteiger partial charge in [-0.15, -0.1) is 0 Å². The van der Waals surface area contributed by atoms with E-state index in [0.29, 0.717) is 18.7 Å². The maximum Gasteiger partial charge on any atom is 0.338 e. The highest BCUT2D eigenvalue weighted by atomic mass is 16.5. The van der Waals surface area contributed by atoms with Gasteiger partial charge in [-0.3, -0.25) is 4.79 Å². The van der Waals surface area contributed by atoms with E-state index in [1.165, 1.54) is 0 Å². The summed E-state index contributed by atoms with van der Waals surface area (Å²) in [5, 5.41) is 2.77. The molecule has 0 bridgehead atoms. The van der Waals surface area contributed by atoms with Crippen molar-refractivity contribution in [1.29, 1.82) is 0 Å². The van der Waals surface area contributed by atoms with Crippen LogP contribution in [0.25, 0.3) is 0 Å². The first kappa shape index (κ1) is 18.7. The summed E-state index contributed by atoms with van der Waals surface area (Å²) in [7, 11) is 1.59. The van der Waals surface area contributed by atoms with Crippen LogP contribution in [-0.2, 0) is 27.4 Å². The van der Waals surface area contributed by atoms with Gasteiger partial charge in [-0.25, -0.2) is 4.79 Å². The molecule has 1 N–H and O–H groups in total. The van der Waals surface area contributed by atoms with E-state index in [4.69, 9.17) is 9.47 Å². The van der Waals surface area contributed by atoms with Gasteiger partial charge in [0.15, 0.2) is 6.10 Å². The molecule has 0 aliphatic heterocycles. The quantitative estimate of drug-likeness (QED) is 0.786. The van der Waals surface area contributed by atoms with Crippen molar-refractivity contribution in [3.63, 3.8) is 0 Å². The molecule has 5 nitrogen and oxygen atoms in total. The van der Waals surface area contributed by atoms with Gasteiger partial charge in [0.1, 0.15) is 0 Å². The second kappa shape index (κ2) is 8.99. The van der Waals surface area contributed by atoms with Crippen LogP contribution < -0.4 is 5.32 Å². The predicted octanol–water partition coefficient (Wildman–Crippen LogP) is 3.00. The lowest BCUT2D eigenvalue weighted by Gasteiger charge is -2.14. The van der Waals surface area contributed by atoms with Gasteiger partial charge in [0.05, 0.1) is 12.2 Å². The normalized spacial score (nSPS) is 11.6. The first-order valence-electron chi connectivity index (χ1n) is 8.11. The Labute approximate surface area is 148 Å². The number of nitrogens with one attached hydrogen (secondary N) is 1. The van der Waals surface area contributed by atoms with Crippen molar-refractivity contribution >= 4 is 11.9 Å². The van der Waals surface area contributed by atoms with Crippen LogP contribution in [0.15, 0.2) is 48.5 Å². The Morgan fingerprint density at radius 3 is 2.48 bits per heavy atom. The molecule has 0 fully saturated rings. The third-order valence-corrected chi connectivity index (χ3v) is 3.71. The minimum atomic E-state index is -0.871. The summed E-state index contributed by atoms with van der Waals surface area (Å²) >= 11 is 0. The van der Waals surface area contributed by atoms with Crippen LogP contribution in [0.2, 0.25) is 0 Å². The minimum absolute atomic E-state index is 0.332. The lowest BCUT2D eigenvalue weighted by Crippen LogP contribution is -2.35. The fraction of sp³-hybridized carbons (Fsp3) is 0.300. The van der Waals surface area contributed by atoms with Crippen LogP contribution in [0.1, 0.15) is 34.0 Å². The Bertz CT molecular complexity index is 725. The summed E-state index contributed by atoms with van der Waals surface area (Å²) in [4.78, 5) is 24.3. The van der Waals surface area contributed by atoms with Gasteiger partial charge in [0.2, 0.25) is 0 Å². The average Bonchev–Trinajstić information content (AvgIpc) is 2.61. The largest absolute Gasteiger partial charge is 0.449 e. The molecule has 0 saturated heterocycles. The molecular weight excluding hydrogens is 318 g/mol. The number of ether oxygens (including phenoxy) is 2. The highest BCUT2D eigenvalue weighted by Crippen LogP contribution is 2.09. The highest BCUT2D eigenvalue weighted by Gasteiger charge is 2.18. The molecule has 0 aliphatic rings. The molecule has 1 atom stereocenters. The number of rotatable bonds is 7. The SMILES string of the molecule is COCc1cccc(C(=O)O[C@H](C)C(=O)NCc2ccc(C)cc2)c1. The Morgan fingerprint density at radius 1 is 1.08 bits per heavy atom. The van der Waals surface area contributed by atoms with E-state index in [9.17, 15) is 9.59 Å². The van der Waals surface area contributed by atoms with E-state index >= 15 is 0 Å². The number of amides is 1. The van der Waals surface area contributed by atoms with Crippen molar-refractivity contribution in [3.05, 3.63) is 70.8 Å². The van der Waals surface area contributed by atoms with Crippen LogP contribution in [0.3, 0.4) is 0 Å². The molecule has 0 aliphatic carbocycles. The summed E-state index contributed by atoms with van der Waals surface area (Å²) in [5.74, 6) is -0.863. The van der Waals surface area contributed by atoms with E-state index in [-0.39, 0.29) is 5.91 Å². The summed E-state index contributed by atoms with van der Waals surface area (Å²) in [6.07, 6.45) is -0.871. The molecule has 2 aromatic rings. The average molecular weight is 341 g/mol. The number of benzene rings is 2. The van der Waals surface area contributed by atoms with Crippen LogP contribution >= 0.6 is 0 Å². The summed E-state index contributed by atoms with van der Waals surface area (Å²) in [5.41, 5.74) is 3.42. The van der Waals surface area contributed by atoms with Crippen molar-refractivity contribution < 1.29 is 19.1 Å². The minimum Gasteiger partial charge on any atom is -0.449 e. The number of carbonyl (C=O) groups excluding carboxylic acids is 2. The first-order valence-corrected chi connectivity index (χ1v) is 8.11. The second-order valence-corrected chi connectivity index (χ2v) is 5.88. The smallest absolute Gasteiger partial charge is 0.338 e. The molecule has 2 rings (SSSR count). The standard InChI is InChI=1S/C20H23NO4/c1-14-7-9-16(10-8-14)12-21-19(22)15(2)25-20(23)18-6-4-5-17(11-18)13-24-3/h4-11,15H,12-13H2,1-3H3,(H,21,22)/t15-/m1/s1. The van der Waals surface area contributed by atoms with Crippen LogP contribution in [0, 0.1) is 6.92 Å². The van der Waals surface area contributed by atoms with Gasteiger partial charge in [-0.05, 0) is 37.1 Å². The van der Waals surface area contributed by atoms with Gasteiger partial charge in [0, 0.05) is 13.7 Å². The van der Waals surface area contributed by atoms with Crippen LogP contribution in [0.4, 0.5) is 0 Å². The summed E-state index contributed by atoms with van der Waals surface area (Å²) in [6, 6.07) is 14.8. The molecule has 2 aromatic carbocycles. The number of methoxy groups -OCH3 is 1. The Morgan fingerprint density at radius 2 is 1.80 bits per heavy atom. The molecule has 5 heteroatoms. The van der Waals surface area contributed by atoms with Gasteiger partial charge >= 0.3 is 5.97 Å². The van der Waals surface area contributed by atoms with Crippen molar-refractivity contribution in [2.45, 2.75) is 33.1 Å². The Hall–Kier alpha value is -2.66. The maximum absolute atomic E-state index is 12.2. The van der Waals surface area contributed by atoms with Gasteiger partial charge < -0.3 is 14.8 Å². The number of hydrogen-bond donors (Lipinski definition) is 1. The summed E-state index contributed by atoms with van der Waals surface area (Å²) in [6.45, 7) is 4.37. The first-order chi connectivity index (χ1) is 12.0. The fourth-order valence-electron chi connectivity index (χ4n) is 2.28. The number of aryl methyl sites for hydroxylation is 1. The van der Waals surface area contributed by atoms with Crippen molar-refractivity contribution in [1.82, 2.24) is 5.32 Å². The zero-order valence-corrected chi connectivity index (χ0v) is 14.7. The molecule has 0 aromatic heterocycles. The number of carbonyl (C=O) groups is 2. The van der Waals surface area contributed by atoms with Gasteiger partial charge in [-0.1, -0.05) is 42.0 Å². The zero-order valence-electron chi connectivity index (χ0n) is 14.7. The molecule has 1 amide bonds.